The second kappa shape index (κ2) is 8.68. The van der Waals surface area contributed by atoms with Crippen molar-refractivity contribution in [3.63, 3.8) is 0 Å². The Hall–Kier alpha value is -0.870. The summed E-state index contributed by atoms with van der Waals surface area (Å²) in [5, 5.41) is 0. The lowest BCUT2D eigenvalue weighted by molar-refractivity contribution is -0.133. The summed E-state index contributed by atoms with van der Waals surface area (Å²) in [6, 6.07) is 0. The standard InChI is InChI=1S/C18H33N3O/c1-4-16(2)14-20-9-5-6-17(15-20)7-8-18(22)21-12-10-19(3)11-13-21/h4,17H,5-15H2,1-3H3. The number of piperidine rings is 1. The third-order valence-electron chi connectivity index (χ3n) is 5.19. The number of allylic oxidation sites excluding steroid dienone is 1. The summed E-state index contributed by atoms with van der Waals surface area (Å²) in [4.78, 5) is 19.3. The van der Waals surface area contributed by atoms with Gasteiger partial charge < -0.3 is 9.80 Å². The zero-order chi connectivity index (χ0) is 15.9. The molecule has 4 heteroatoms. The Morgan fingerprint density at radius 3 is 2.59 bits per heavy atom. The van der Waals surface area contributed by atoms with Crippen molar-refractivity contribution in [3.8, 4) is 0 Å². The van der Waals surface area contributed by atoms with E-state index in [0.29, 0.717) is 11.8 Å². The molecule has 1 unspecified atom stereocenters. The van der Waals surface area contributed by atoms with E-state index < -0.39 is 0 Å². The van der Waals surface area contributed by atoms with Crippen molar-refractivity contribution in [1.82, 2.24) is 14.7 Å². The average molecular weight is 307 g/mol. The minimum Gasteiger partial charge on any atom is -0.340 e. The lowest BCUT2D eigenvalue weighted by Crippen LogP contribution is -2.47. The molecule has 2 rings (SSSR count). The molecule has 2 saturated heterocycles. The molecule has 2 heterocycles. The maximum absolute atomic E-state index is 12.3. The van der Waals surface area contributed by atoms with Gasteiger partial charge in [0.15, 0.2) is 0 Å². The van der Waals surface area contributed by atoms with Crippen molar-refractivity contribution in [2.24, 2.45) is 5.92 Å². The first-order valence-corrected chi connectivity index (χ1v) is 8.89. The van der Waals surface area contributed by atoms with Crippen molar-refractivity contribution < 1.29 is 4.79 Å². The molecule has 0 saturated carbocycles. The molecule has 2 aliphatic heterocycles. The van der Waals surface area contributed by atoms with Gasteiger partial charge in [-0.15, -0.1) is 0 Å². The molecule has 0 bridgehead atoms. The summed E-state index contributed by atoms with van der Waals surface area (Å²) in [6.07, 6.45) is 6.59. The molecule has 0 aliphatic carbocycles. The number of likely N-dealkylation sites (N-methyl/N-ethyl adjacent to an activating group) is 1. The minimum absolute atomic E-state index is 0.370. The molecule has 4 nitrogen and oxygen atoms in total. The van der Waals surface area contributed by atoms with E-state index >= 15 is 0 Å². The fraction of sp³-hybridized carbons (Fsp3) is 0.833. The van der Waals surface area contributed by atoms with E-state index in [0.717, 1.165) is 45.6 Å². The van der Waals surface area contributed by atoms with E-state index in [4.69, 9.17) is 0 Å². The molecular weight excluding hydrogens is 274 g/mol. The van der Waals surface area contributed by atoms with Gasteiger partial charge in [0, 0.05) is 45.7 Å². The number of carbonyl (C=O) groups excluding carboxylic acids is 1. The van der Waals surface area contributed by atoms with Crippen LogP contribution < -0.4 is 0 Å². The van der Waals surface area contributed by atoms with Crippen LogP contribution in [-0.2, 0) is 4.79 Å². The molecule has 1 amide bonds. The predicted octanol–water partition coefficient (Wildman–Crippen LogP) is 2.22. The zero-order valence-corrected chi connectivity index (χ0v) is 14.7. The molecule has 2 fully saturated rings. The first kappa shape index (κ1) is 17.5. The topological polar surface area (TPSA) is 26.8 Å². The fourth-order valence-corrected chi connectivity index (χ4v) is 3.52. The number of likely N-dealkylation sites (tertiary alicyclic amines) is 1. The van der Waals surface area contributed by atoms with Crippen LogP contribution in [0.5, 0.6) is 0 Å². The minimum atomic E-state index is 0.370. The first-order chi connectivity index (χ1) is 10.6. The third-order valence-corrected chi connectivity index (χ3v) is 5.19. The van der Waals surface area contributed by atoms with Crippen LogP contribution in [0.3, 0.4) is 0 Å². The van der Waals surface area contributed by atoms with Crippen molar-refractivity contribution >= 4 is 5.91 Å². The number of nitrogens with zero attached hydrogens (tertiary/aromatic N) is 3. The Labute approximate surface area is 136 Å². The maximum atomic E-state index is 12.3. The maximum Gasteiger partial charge on any atom is 0.222 e. The summed E-state index contributed by atoms with van der Waals surface area (Å²) in [5.41, 5.74) is 1.45. The lowest BCUT2D eigenvalue weighted by atomic mass is 9.93. The Bertz CT molecular complexity index is 386. The highest BCUT2D eigenvalue weighted by molar-refractivity contribution is 5.76. The molecule has 0 aromatic heterocycles. The molecule has 0 aromatic carbocycles. The van der Waals surface area contributed by atoms with Gasteiger partial charge in [0.25, 0.3) is 0 Å². The molecule has 126 valence electrons. The predicted molar refractivity (Wildman–Crippen MR) is 91.9 cm³/mol. The second-order valence-electron chi connectivity index (χ2n) is 7.10. The quantitative estimate of drug-likeness (QED) is 0.729. The van der Waals surface area contributed by atoms with E-state index in [2.05, 4.69) is 41.7 Å². The van der Waals surface area contributed by atoms with E-state index in [9.17, 15) is 4.79 Å². The van der Waals surface area contributed by atoms with Gasteiger partial charge in [0.05, 0.1) is 0 Å². The van der Waals surface area contributed by atoms with Crippen molar-refractivity contribution in [2.75, 3.05) is 52.9 Å². The number of carbonyl (C=O) groups is 1. The van der Waals surface area contributed by atoms with Gasteiger partial charge in [0.2, 0.25) is 5.91 Å². The highest BCUT2D eigenvalue weighted by atomic mass is 16.2. The van der Waals surface area contributed by atoms with Gasteiger partial charge in [-0.1, -0.05) is 11.6 Å². The number of hydrogen-bond donors (Lipinski definition) is 0. The first-order valence-electron chi connectivity index (χ1n) is 8.89. The van der Waals surface area contributed by atoms with Crippen LogP contribution in [0.15, 0.2) is 11.6 Å². The van der Waals surface area contributed by atoms with Crippen LogP contribution in [0.25, 0.3) is 0 Å². The van der Waals surface area contributed by atoms with Crippen LogP contribution >= 0.6 is 0 Å². The van der Waals surface area contributed by atoms with Crippen LogP contribution in [0.2, 0.25) is 0 Å². The Kier molecular flexibility index (Phi) is 6.90. The summed E-state index contributed by atoms with van der Waals surface area (Å²) >= 11 is 0. The average Bonchev–Trinajstić information content (AvgIpc) is 2.53. The lowest BCUT2D eigenvalue weighted by Gasteiger charge is -2.34. The van der Waals surface area contributed by atoms with E-state index in [1.807, 2.05) is 0 Å². The smallest absolute Gasteiger partial charge is 0.222 e. The normalized spacial score (nSPS) is 25.5. The monoisotopic (exact) mass is 307 g/mol. The van der Waals surface area contributed by atoms with Crippen LogP contribution in [-0.4, -0.2) is 73.5 Å². The molecule has 2 aliphatic rings. The van der Waals surface area contributed by atoms with Gasteiger partial charge >= 0.3 is 0 Å². The van der Waals surface area contributed by atoms with E-state index in [1.165, 1.54) is 31.5 Å². The zero-order valence-electron chi connectivity index (χ0n) is 14.7. The summed E-state index contributed by atoms with van der Waals surface area (Å²) in [7, 11) is 2.13. The number of amides is 1. The second-order valence-corrected chi connectivity index (χ2v) is 7.10. The van der Waals surface area contributed by atoms with Gasteiger partial charge in [-0.3, -0.25) is 9.69 Å². The third kappa shape index (κ3) is 5.40. The van der Waals surface area contributed by atoms with Crippen LogP contribution in [0.1, 0.15) is 39.5 Å². The molecule has 22 heavy (non-hydrogen) atoms. The molecular formula is C18H33N3O. The number of rotatable bonds is 5. The Balaban J connectivity index is 1.70. The Morgan fingerprint density at radius 1 is 1.18 bits per heavy atom. The Morgan fingerprint density at radius 2 is 1.91 bits per heavy atom. The summed E-state index contributed by atoms with van der Waals surface area (Å²) in [5.74, 6) is 1.07. The summed E-state index contributed by atoms with van der Waals surface area (Å²) < 4.78 is 0. The van der Waals surface area contributed by atoms with Crippen LogP contribution in [0, 0.1) is 5.92 Å². The molecule has 0 aromatic rings. The molecule has 0 spiro atoms. The van der Waals surface area contributed by atoms with Crippen molar-refractivity contribution in [2.45, 2.75) is 39.5 Å². The largest absolute Gasteiger partial charge is 0.340 e. The fourth-order valence-electron chi connectivity index (χ4n) is 3.52. The van der Waals surface area contributed by atoms with Crippen LogP contribution in [0.4, 0.5) is 0 Å². The van der Waals surface area contributed by atoms with Gasteiger partial charge in [0.1, 0.15) is 0 Å². The number of piperazine rings is 1. The molecule has 0 radical (unpaired) electrons. The van der Waals surface area contributed by atoms with Crippen molar-refractivity contribution in [1.29, 1.82) is 0 Å². The highest BCUT2D eigenvalue weighted by Crippen LogP contribution is 2.22. The SMILES string of the molecule is CC=C(C)CN1CCCC(CCC(=O)N2CCN(C)CC2)C1. The van der Waals surface area contributed by atoms with Gasteiger partial charge in [-0.25, -0.2) is 0 Å². The van der Waals surface area contributed by atoms with E-state index in [1.54, 1.807) is 0 Å². The summed E-state index contributed by atoms with van der Waals surface area (Å²) in [6.45, 7) is 11.7. The number of hydrogen-bond acceptors (Lipinski definition) is 3. The van der Waals surface area contributed by atoms with Gasteiger partial charge in [-0.05, 0) is 52.6 Å². The molecule has 1 atom stereocenters. The van der Waals surface area contributed by atoms with E-state index in [-0.39, 0.29) is 0 Å². The molecule has 0 N–H and O–H groups in total. The van der Waals surface area contributed by atoms with Gasteiger partial charge in [-0.2, -0.15) is 0 Å². The highest BCUT2D eigenvalue weighted by Gasteiger charge is 2.23. The van der Waals surface area contributed by atoms with Crippen molar-refractivity contribution in [3.05, 3.63) is 11.6 Å².